The van der Waals surface area contributed by atoms with E-state index in [9.17, 15) is 14.7 Å². The van der Waals surface area contributed by atoms with E-state index in [0.717, 1.165) is 56.1 Å². The van der Waals surface area contributed by atoms with Crippen molar-refractivity contribution in [2.45, 2.75) is 72.0 Å². The summed E-state index contributed by atoms with van der Waals surface area (Å²) in [5.41, 5.74) is 0.911. The Kier molecular flexibility index (Phi) is 3.86. The van der Waals surface area contributed by atoms with Gasteiger partial charge < -0.3 is 14.6 Å². The second-order valence-corrected chi connectivity index (χ2v) is 9.56. The number of esters is 1. The number of hydrogen-bond donors (Lipinski definition) is 1. The number of fused-ring (bicyclic) bond motifs is 4. The van der Waals surface area contributed by atoms with Gasteiger partial charge in [-0.1, -0.05) is 20.3 Å². The van der Waals surface area contributed by atoms with Crippen molar-refractivity contribution in [2.24, 2.45) is 28.1 Å². The molecule has 5 nitrogen and oxygen atoms in total. The molecule has 4 rings (SSSR count). The summed E-state index contributed by atoms with van der Waals surface area (Å²) in [7, 11) is 1.58. The van der Waals surface area contributed by atoms with Gasteiger partial charge in [-0.15, -0.1) is 0 Å². The zero-order valence-corrected chi connectivity index (χ0v) is 16.3. The van der Waals surface area contributed by atoms with Crippen LogP contribution < -0.4 is 0 Å². The highest BCUT2D eigenvalue weighted by atomic mass is 16.7. The molecule has 0 bridgehead atoms. The van der Waals surface area contributed by atoms with E-state index in [1.165, 1.54) is 0 Å². The zero-order valence-electron chi connectivity index (χ0n) is 16.3. The van der Waals surface area contributed by atoms with Gasteiger partial charge in [0.15, 0.2) is 0 Å². The van der Waals surface area contributed by atoms with Crippen LogP contribution in [-0.4, -0.2) is 30.4 Å². The van der Waals surface area contributed by atoms with Crippen LogP contribution in [0.4, 0.5) is 0 Å². The van der Waals surface area contributed by atoms with Crippen LogP contribution in [0.1, 0.15) is 65.7 Å². The molecule has 2 fully saturated rings. The smallest absolute Gasteiger partial charge is 0.337 e. The molecule has 6 unspecified atom stereocenters. The molecule has 0 amide bonds. The van der Waals surface area contributed by atoms with Crippen molar-refractivity contribution in [2.75, 3.05) is 7.11 Å². The van der Waals surface area contributed by atoms with Crippen molar-refractivity contribution in [1.29, 1.82) is 0 Å². The maximum atomic E-state index is 12.7. The number of hydrogen-bond acceptors (Lipinski definition) is 4. The summed E-state index contributed by atoms with van der Waals surface area (Å²) in [4.78, 5) is 24.8. The molecular weight excluding hydrogens is 332 g/mol. The number of carbonyl (C=O) groups excluding carboxylic acids is 1. The van der Waals surface area contributed by atoms with E-state index >= 15 is 0 Å². The van der Waals surface area contributed by atoms with Gasteiger partial charge in [-0.25, -0.2) is 4.79 Å². The molecule has 0 radical (unpaired) electrons. The number of carboxylic acid groups (broad SMARTS) is 1. The topological polar surface area (TPSA) is 72.8 Å². The van der Waals surface area contributed by atoms with Crippen LogP contribution in [0.2, 0.25) is 0 Å². The molecule has 1 aliphatic heterocycles. The standard InChI is InChI=1S/C21H30O5/c1-19-9-5-10-21(3,18(23)24)14(19)8-11-20(2)13(19)7-6-12-15(20)16(22)26-17(12)25-4/h13-14,17H,5-11H2,1-4H3,(H,23,24). The van der Waals surface area contributed by atoms with Gasteiger partial charge in [-0.2, -0.15) is 0 Å². The molecule has 2 saturated carbocycles. The molecule has 144 valence electrons. The Morgan fingerprint density at radius 3 is 2.54 bits per heavy atom. The van der Waals surface area contributed by atoms with Crippen LogP contribution >= 0.6 is 0 Å². The van der Waals surface area contributed by atoms with E-state index in [1.807, 2.05) is 6.92 Å². The highest BCUT2D eigenvalue weighted by Gasteiger charge is 2.64. The molecule has 6 atom stereocenters. The third kappa shape index (κ3) is 2.07. The second kappa shape index (κ2) is 5.57. The number of methoxy groups -OCH3 is 1. The largest absolute Gasteiger partial charge is 0.481 e. The van der Waals surface area contributed by atoms with E-state index < -0.39 is 17.7 Å². The van der Waals surface area contributed by atoms with E-state index in [2.05, 4.69) is 13.8 Å². The van der Waals surface area contributed by atoms with Crippen LogP contribution in [0.15, 0.2) is 11.1 Å². The average molecular weight is 362 g/mol. The van der Waals surface area contributed by atoms with E-state index in [-0.39, 0.29) is 22.7 Å². The van der Waals surface area contributed by atoms with Crippen LogP contribution in [0.3, 0.4) is 0 Å². The highest BCUT2D eigenvalue weighted by Crippen LogP contribution is 2.69. The predicted octanol–water partition coefficient (Wildman–Crippen LogP) is 3.92. The summed E-state index contributed by atoms with van der Waals surface area (Å²) in [6.45, 7) is 6.44. The van der Waals surface area contributed by atoms with Gasteiger partial charge in [0.1, 0.15) is 0 Å². The first-order chi connectivity index (χ1) is 12.2. The Morgan fingerprint density at radius 1 is 1.15 bits per heavy atom. The van der Waals surface area contributed by atoms with Crippen LogP contribution in [0.5, 0.6) is 0 Å². The Labute approximate surface area is 155 Å². The third-order valence-corrected chi connectivity index (χ3v) is 8.49. The maximum absolute atomic E-state index is 12.7. The quantitative estimate of drug-likeness (QED) is 0.754. The van der Waals surface area contributed by atoms with Gasteiger partial charge in [-0.3, -0.25) is 4.79 Å². The van der Waals surface area contributed by atoms with Crippen molar-refractivity contribution in [3.63, 3.8) is 0 Å². The normalized spacial score (nSPS) is 47.7. The van der Waals surface area contributed by atoms with Gasteiger partial charge in [0.2, 0.25) is 6.29 Å². The SMILES string of the molecule is COC1OC(=O)C2=C1CCC1C2(C)CCC2C(C)(C(=O)O)CCCC21C. The van der Waals surface area contributed by atoms with Crippen molar-refractivity contribution in [3.8, 4) is 0 Å². The molecule has 0 saturated heterocycles. The Bertz CT molecular complexity index is 697. The summed E-state index contributed by atoms with van der Waals surface area (Å²) in [6, 6.07) is 0. The van der Waals surface area contributed by atoms with Crippen molar-refractivity contribution in [1.82, 2.24) is 0 Å². The van der Waals surface area contributed by atoms with E-state index in [4.69, 9.17) is 9.47 Å². The lowest BCUT2D eigenvalue weighted by Gasteiger charge is -2.63. The lowest BCUT2D eigenvalue weighted by atomic mass is 9.40. The lowest BCUT2D eigenvalue weighted by molar-refractivity contribution is -0.176. The monoisotopic (exact) mass is 362 g/mol. The molecule has 0 aromatic rings. The minimum absolute atomic E-state index is 0.0532. The number of aliphatic carboxylic acids is 1. The maximum Gasteiger partial charge on any atom is 0.337 e. The fourth-order valence-corrected chi connectivity index (χ4v) is 7.34. The second-order valence-electron chi connectivity index (χ2n) is 9.56. The highest BCUT2D eigenvalue weighted by molar-refractivity contribution is 5.94. The molecule has 26 heavy (non-hydrogen) atoms. The number of carbonyl (C=O) groups is 2. The van der Waals surface area contributed by atoms with Crippen molar-refractivity contribution >= 4 is 11.9 Å². The van der Waals surface area contributed by atoms with Crippen molar-refractivity contribution < 1.29 is 24.2 Å². The van der Waals surface area contributed by atoms with Gasteiger partial charge in [0, 0.05) is 23.7 Å². The first-order valence-corrected chi connectivity index (χ1v) is 9.89. The number of cyclic esters (lactones) is 1. The summed E-state index contributed by atoms with van der Waals surface area (Å²) >= 11 is 0. The minimum Gasteiger partial charge on any atom is -0.481 e. The van der Waals surface area contributed by atoms with Crippen molar-refractivity contribution in [3.05, 3.63) is 11.1 Å². The Hall–Kier alpha value is -1.36. The Morgan fingerprint density at radius 2 is 1.88 bits per heavy atom. The fourth-order valence-electron chi connectivity index (χ4n) is 7.34. The van der Waals surface area contributed by atoms with Gasteiger partial charge in [-0.05, 0) is 62.7 Å². The van der Waals surface area contributed by atoms with Gasteiger partial charge in [0.05, 0.1) is 5.41 Å². The van der Waals surface area contributed by atoms with Crippen LogP contribution in [0.25, 0.3) is 0 Å². The third-order valence-electron chi connectivity index (χ3n) is 8.49. The van der Waals surface area contributed by atoms with E-state index in [1.54, 1.807) is 7.11 Å². The van der Waals surface area contributed by atoms with Crippen LogP contribution in [0, 0.1) is 28.1 Å². The summed E-state index contributed by atoms with van der Waals surface area (Å²) < 4.78 is 10.9. The molecular formula is C21H30O5. The molecule has 0 aromatic carbocycles. The first kappa shape index (κ1) is 18.0. The molecule has 1 N–H and O–H groups in total. The predicted molar refractivity (Wildman–Crippen MR) is 95.2 cm³/mol. The first-order valence-electron chi connectivity index (χ1n) is 9.89. The van der Waals surface area contributed by atoms with Gasteiger partial charge in [0.25, 0.3) is 0 Å². The molecule has 4 aliphatic rings. The minimum atomic E-state index is -0.660. The molecule has 5 heteroatoms. The fraction of sp³-hybridized carbons (Fsp3) is 0.810. The summed E-state index contributed by atoms with van der Waals surface area (Å²) in [6.07, 6.45) is 5.72. The number of ether oxygens (including phenoxy) is 2. The molecule has 0 aromatic heterocycles. The Balaban J connectivity index is 1.78. The lowest BCUT2D eigenvalue weighted by Crippen LogP contribution is -2.58. The summed E-state index contributed by atoms with van der Waals surface area (Å²) in [5, 5.41) is 9.97. The van der Waals surface area contributed by atoms with Crippen LogP contribution in [-0.2, 0) is 19.1 Å². The molecule has 0 spiro atoms. The molecule has 3 aliphatic carbocycles. The van der Waals surface area contributed by atoms with Gasteiger partial charge >= 0.3 is 11.9 Å². The van der Waals surface area contributed by atoms with E-state index in [0.29, 0.717) is 5.92 Å². The molecule has 1 heterocycles. The number of rotatable bonds is 2. The zero-order chi connectivity index (χ0) is 18.9. The summed E-state index contributed by atoms with van der Waals surface area (Å²) in [5.74, 6) is -0.405. The number of carboxylic acids is 1. The average Bonchev–Trinajstić information content (AvgIpc) is 2.91.